The predicted octanol–water partition coefficient (Wildman–Crippen LogP) is -1.15. The zero-order chi connectivity index (χ0) is 10.8. The highest BCUT2D eigenvalue weighted by molar-refractivity contribution is 5.83. The van der Waals surface area contributed by atoms with Crippen LogP contribution in [-0.4, -0.2) is 42.9 Å². The van der Waals surface area contributed by atoms with Gasteiger partial charge in [0.05, 0.1) is 25.2 Å². The van der Waals surface area contributed by atoms with Crippen molar-refractivity contribution in [1.29, 1.82) is 0 Å². The minimum atomic E-state index is -0.663. The molecule has 1 heterocycles. The van der Waals surface area contributed by atoms with Gasteiger partial charge in [0, 0.05) is 12.1 Å². The first-order chi connectivity index (χ1) is 6.50. The Kier molecular flexibility index (Phi) is 3.47. The highest BCUT2D eigenvalue weighted by Gasteiger charge is 2.44. The van der Waals surface area contributed by atoms with E-state index < -0.39 is 5.41 Å². The van der Waals surface area contributed by atoms with Crippen molar-refractivity contribution >= 4 is 5.91 Å². The first-order valence-corrected chi connectivity index (χ1v) is 4.76. The van der Waals surface area contributed by atoms with Gasteiger partial charge in [-0.2, -0.15) is 0 Å². The van der Waals surface area contributed by atoms with Gasteiger partial charge in [0.25, 0.3) is 0 Å². The maximum atomic E-state index is 11.8. The smallest absolute Gasteiger partial charge is 0.230 e. The molecule has 1 saturated heterocycles. The molecular formula is C9H18N2O3. The van der Waals surface area contributed by atoms with Crippen molar-refractivity contribution in [1.82, 2.24) is 5.32 Å². The molecule has 2 unspecified atom stereocenters. The summed E-state index contributed by atoms with van der Waals surface area (Å²) in [5.74, 6) is -0.149. The first kappa shape index (κ1) is 11.4. The van der Waals surface area contributed by atoms with Crippen LogP contribution in [0.25, 0.3) is 0 Å². The molecule has 0 aromatic rings. The van der Waals surface area contributed by atoms with E-state index in [0.717, 1.165) is 0 Å². The number of carbonyl (C=O) groups is 1. The number of ether oxygens (including phenoxy) is 1. The predicted molar refractivity (Wildman–Crippen MR) is 51.6 cm³/mol. The van der Waals surface area contributed by atoms with E-state index in [9.17, 15) is 4.79 Å². The number of hydrogen-bond acceptors (Lipinski definition) is 4. The number of nitrogens with two attached hydrogens (primary N) is 1. The molecule has 1 fully saturated rings. The first-order valence-electron chi connectivity index (χ1n) is 4.76. The zero-order valence-electron chi connectivity index (χ0n) is 8.62. The van der Waals surface area contributed by atoms with Crippen LogP contribution in [0.3, 0.4) is 0 Å². The minimum absolute atomic E-state index is 0.0715. The fraction of sp³-hybridized carbons (Fsp3) is 0.889. The molecule has 0 saturated carbocycles. The Bertz CT molecular complexity index is 222. The van der Waals surface area contributed by atoms with Gasteiger partial charge < -0.3 is 20.9 Å². The van der Waals surface area contributed by atoms with Crippen LogP contribution < -0.4 is 11.1 Å². The van der Waals surface area contributed by atoms with Gasteiger partial charge in [-0.25, -0.2) is 0 Å². The van der Waals surface area contributed by atoms with E-state index in [-0.39, 0.29) is 24.6 Å². The summed E-state index contributed by atoms with van der Waals surface area (Å²) >= 11 is 0. The molecule has 3 atom stereocenters. The largest absolute Gasteiger partial charge is 0.394 e. The molecule has 1 rings (SSSR count). The van der Waals surface area contributed by atoms with E-state index in [1.807, 2.05) is 0 Å². The summed E-state index contributed by atoms with van der Waals surface area (Å²) in [6, 6.07) is -0.513. The maximum Gasteiger partial charge on any atom is 0.230 e. The number of hydrogen-bond donors (Lipinski definition) is 3. The van der Waals surface area contributed by atoms with E-state index in [2.05, 4.69) is 5.32 Å². The van der Waals surface area contributed by atoms with E-state index >= 15 is 0 Å². The molecule has 0 radical (unpaired) electrons. The van der Waals surface area contributed by atoms with Crippen molar-refractivity contribution in [2.24, 2.45) is 11.1 Å². The lowest BCUT2D eigenvalue weighted by Gasteiger charge is -2.27. The van der Waals surface area contributed by atoms with E-state index in [4.69, 9.17) is 15.6 Å². The lowest BCUT2D eigenvalue weighted by Crippen LogP contribution is -2.52. The summed E-state index contributed by atoms with van der Waals surface area (Å²) in [4.78, 5) is 11.8. The van der Waals surface area contributed by atoms with Crippen molar-refractivity contribution in [2.45, 2.75) is 25.9 Å². The van der Waals surface area contributed by atoms with E-state index in [1.165, 1.54) is 0 Å². The fourth-order valence-electron chi connectivity index (χ4n) is 1.36. The fourth-order valence-corrected chi connectivity index (χ4v) is 1.36. The van der Waals surface area contributed by atoms with Crippen molar-refractivity contribution in [2.75, 3.05) is 19.8 Å². The highest BCUT2D eigenvalue weighted by atomic mass is 16.5. The van der Waals surface area contributed by atoms with Gasteiger partial charge in [0.2, 0.25) is 5.91 Å². The molecule has 14 heavy (non-hydrogen) atoms. The highest BCUT2D eigenvalue weighted by Crippen LogP contribution is 2.27. The summed E-state index contributed by atoms with van der Waals surface area (Å²) in [5, 5.41) is 11.5. The Morgan fingerprint density at radius 2 is 2.50 bits per heavy atom. The van der Waals surface area contributed by atoms with Crippen LogP contribution in [0.15, 0.2) is 0 Å². The van der Waals surface area contributed by atoms with Gasteiger partial charge in [-0.3, -0.25) is 4.79 Å². The second-order valence-corrected chi connectivity index (χ2v) is 4.10. The van der Waals surface area contributed by atoms with Crippen molar-refractivity contribution in [3.8, 4) is 0 Å². The van der Waals surface area contributed by atoms with Crippen molar-refractivity contribution < 1.29 is 14.6 Å². The molecule has 82 valence electrons. The van der Waals surface area contributed by atoms with Gasteiger partial charge in [0.1, 0.15) is 0 Å². The Balaban J connectivity index is 2.59. The van der Waals surface area contributed by atoms with Gasteiger partial charge in [-0.05, 0) is 13.8 Å². The average molecular weight is 202 g/mol. The molecule has 0 spiro atoms. The third-order valence-corrected chi connectivity index (χ3v) is 2.69. The molecule has 0 aliphatic carbocycles. The maximum absolute atomic E-state index is 11.8. The molecule has 0 bridgehead atoms. The Morgan fingerprint density at radius 1 is 1.86 bits per heavy atom. The Labute approximate surface area is 83.6 Å². The number of nitrogens with one attached hydrogen (secondary N) is 1. The van der Waals surface area contributed by atoms with Crippen molar-refractivity contribution in [3.05, 3.63) is 0 Å². The molecule has 5 nitrogen and oxygen atoms in total. The molecule has 1 aliphatic heterocycles. The standard InChI is InChI=1S/C9H18N2O3/c1-6(3-12)11-8(13)9(2)5-14-4-7(9)10/h6-7,12H,3-5,10H2,1-2H3,(H,11,13)/t6-,7?,9?/m0/s1. The summed E-state index contributed by atoms with van der Waals surface area (Å²) in [6.07, 6.45) is 0. The van der Waals surface area contributed by atoms with Gasteiger partial charge in [-0.1, -0.05) is 0 Å². The second kappa shape index (κ2) is 4.25. The summed E-state index contributed by atoms with van der Waals surface area (Å²) < 4.78 is 5.16. The van der Waals surface area contributed by atoms with Crippen LogP contribution in [0.4, 0.5) is 0 Å². The van der Waals surface area contributed by atoms with Gasteiger partial charge in [-0.15, -0.1) is 0 Å². The third kappa shape index (κ3) is 2.05. The van der Waals surface area contributed by atoms with Crippen LogP contribution in [0.5, 0.6) is 0 Å². The van der Waals surface area contributed by atoms with Gasteiger partial charge in [0.15, 0.2) is 0 Å². The van der Waals surface area contributed by atoms with Crippen LogP contribution in [0, 0.1) is 5.41 Å². The quantitative estimate of drug-likeness (QED) is 0.539. The Hall–Kier alpha value is -0.650. The number of amides is 1. The molecule has 0 aromatic carbocycles. The van der Waals surface area contributed by atoms with E-state index in [1.54, 1.807) is 13.8 Å². The van der Waals surface area contributed by atoms with Gasteiger partial charge >= 0.3 is 0 Å². The summed E-state index contributed by atoms with van der Waals surface area (Å²) in [7, 11) is 0. The van der Waals surface area contributed by atoms with Crippen LogP contribution in [0.2, 0.25) is 0 Å². The Morgan fingerprint density at radius 3 is 2.93 bits per heavy atom. The van der Waals surface area contributed by atoms with E-state index in [0.29, 0.717) is 13.2 Å². The normalized spacial score (nSPS) is 34.1. The summed E-state index contributed by atoms with van der Waals surface area (Å²) in [6.45, 7) is 4.21. The molecule has 0 aromatic heterocycles. The number of aliphatic hydroxyl groups excluding tert-OH is 1. The minimum Gasteiger partial charge on any atom is -0.394 e. The molecule has 1 amide bonds. The van der Waals surface area contributed by atoms with Crippen molar-refractivity contribution in [3.63, 3.8) is 0 Å². The average Bonchev–Trinajstić information content (AvgIpc) is 2.48. The molecular weight excluding hydrogens is 184 g/mol. The molecule has 1 aliphatic rings. The lowest BCUT2D eigenvalue weighted by atomic mass is 9.84. The second-order valence-electron chi connectivity index (χ2n) is 4.10. The SMILES string of the molecule is C[C@@H](CO)NC(=O)C1(C)COCC1N. The topological polar surface area (TPSA) is 84.6 Å². The van der Waals surface area contributed by atoms with Crippen LogP contribution >= 0.6 is 0 Å². The molecule has 5 heteroatoms. The monoisotopic (exact) mass is 202 g/mol. The summed E-state index contributed by atoms with van der Waals surface area (Å²) in [5.41, 5.74) is 5.12. The third-order valence-electron chi connectivity index (χ3n) is 2.69. The van der Waals surface area contributed by atoms with Crippen LogP contribution in [-0.2, 0) is 9.53 Å². The number of rotatable bonds is 3. The lowest BCUT2D eigenvalue weighted by molar-refractivity contribution is -0.131. The van der Waals surface area contributed by atoms with Crippen LogP contribution in [0.1, 0.15) is 13.8 Å². The zero-order valence-corrected chi connectivity index (χ0v) is 8.62. The molecule has 4 N–H and O–H groups in total. The number of aliphatic hydroxyl groups is 1. The number of carbonyl (C=O) groups excluding carboxylic acids is 1.